The molecule has 0 spiro atoms. The number of hydrogen-bond acceptors (Lipinski definition) is 2. The second kappa shape index (κ2) is 5.08. The van der Waals surface area contributed by atoms with Crippen LogP contribution in [-0.4, -0.2) is 0 Å². The molecule has 0 amide bonds. The van der Waals surface area contributed by atoms with E-state index in [1.54, 1.807) is 6.07 Å². The first kappa shape index (κ1) is 12.4. The molecule has 2 aromatic rings. The van der Waals surface area contributed by atoms with Gasteiger partial charge in [-0.1, -0.05) is 23.8 Å². The summed E-state index contributed by atoms with van der Waals surface area (Å²) >= 11 is 0. The Morgan fingerprint density at radius 3 is 2.61 bits per heavy atom. The molecule has 2 rings (SSSR count). The molecule has 2 aromatic carbocycles. The predicted molar refractivity (Wildman–Crippen MR) is 71.1 cm³/mol. The lowest BCUT2D eigenvalue weighted by Crippen LogP contribution is -2.01. The van der Waals surface area contributed by atoms with Crippen molar-refractivity contribution in [1.82, 2.24) is 0 Å². The monoisotopic (exact) mass is 245 g/mol. The standard InChI is InChI=1S/C15H16FNO/c1-10-3-4-11(2)12(7-10)9-18-15-6-5-13(16)8-14(15)17/h3-8H,9,17H2,1-2H3. The number of anilines is 1. The van der Waals surface area contributed by atoms with Gasteiger partial charge in [-0.05, 0) is 37.1 Å². The van der Waals surface area contributed by atoms with Crippen molar-refractivity contribution >= 4 is 5.69 Å². The van der Waals surface area contributed by atoms with Crippen molar-refractivity contribution in [1.29, 1.82) is 0 Å². The van der Waals surface area contributed by atoms with Gasteiger partial charge in [0.15, 0.2) is 0 Å². The molecule has 0 aliphatic carbocycles. The van der Waals surface area contributed by atoms with Gasteiger partial charge >= 0.3 is 0 Å². The van der Waals surface area contributed by atoms with Gasteiger partial charge < -0.3 is 10.5 Å². The highest BCUT2D eigenvalue weighted by Gasteiger charge is 2.04. The fourth-order valence-corrected chi connectivity index (χ4v) is 1.76. The molecule has 0 aromatic heterocycles. The number of hydrogen-bond donors (Lipinski definition) is 1. The van der Waals surface area contributed by atoms with Gasteiger partial charge in [-0.25, -0.2) is 4.39 Å². The summed E-state index contributed by atoms with van der Waals surface area (Å²) in [5.41, 5.74) is 9.47. The van der Waals surface area contributed by atoms with Crippen molar-refractivity contribution in [2.45, 2.75) is 20.5 Å². The number of benzene rings is 2. The van der Waals surface area contributed by atoms with Crippen LogP contribution in [0.5, 0.6) is 5.75 Å². The van der Waals surface area contributed by atoms with Crippen molar-refractivity contribution in [3.8, 4) is 5.75 Å². The van der Waals surface area contributed by atoms with Crippen molar-refractivity contribution in [3.63, 3.8) is 0 Å². The second-order valence-electron chi connectivity index (χ2n) is 4.40. The minimum absolute atomic E-state index is 0.320. The first-order chi connectivity index (χ1) is 8.56. The Bertz CT molecular complexity index is 566. The molecule has 0 saturated heterocycles. The van der Waals surface area contributed by atoms with Gasteiger partial charge in [0.1, 0.15) is 18.2 Å². The van der Waals surface area contributed by atoms with E-state index in [-0.39, 0.29) is 5.82 Å². The van der Waals surface area contributed by atoms with Crippen LogP contribution in [0.4, 0.5) is 10.1 Å². The molecule has 94 valence electrons. The van der Waals surface area contributed by atoms with Crippen LogP contribution in [0, 0.1) is 19.7 Å². The summed E-state index contributed by atoms with van der Waals surface area (Å²) in [4.78, 5) is 0. The summed E-state index contributed by atoms with van der Waals surface area (Å²) in [5, 5.41) is 0. The third-order valence-corrected chi connectivity index (χ3v) is 2.86. The lowest BCUT2D eigenvalue weighted by Gasteiger charge is -2.11. The van der Waals surface area contributed by atoms with Crippen LogP contribution in [-0.2, 0) is 6.61 Å². The molecule has 0 saturated carbocycles. The fraction of sp³-hybridized carbons (Fsp3) is 0.200. The van der Waals surface area contributed by atoms with E-state index in [1.807, 2.05) is 13.8 Å². The van der Waals surface area contributed by atoms with Gasteiger partial charge in [0.25, 0.3) is 0 Å². The largest absolute Gasteiger partial charge is 0.487 e. The molecular weight excluding hydrogens is 229 g/mol. The first-order valence-corrected chi connectivity index (χ1v) is 5.80. The molecule has 0 aliphatic heterocycles. The van der Waals surface area contributed by atoms with Crippen LogP contribution < -0.4 is 10.5 Å². The number of nitrogens with two attached hydrogens (primary N) is 1. The summed E-state index contributed by atoms with van der Waals surface area (Å²) in [5.74, 6) is 0.156. The molecule has 0 atom stereocenters. The van der Waals surface area contributed by atoms with Crippen LogP contribution in [0.25, 0.3) is 0 Å². The van der Waals surface area contributed by atoms with E-state index in [9.17, 15) is 4.39 Å². The van der Waals surface area contributed by atoms with Crippen LogP contribution in [0.3, 0.4) is 0 Å². The van der Waals surface area contributed by atoms with Crippen LogP contribution in [0.15, 0.2) is 36.4 Å². The number of halogens is 1. The minimum atomic E-state index is -0.355. The van der Waals surface area contributed by atoms with Crippen LogP contribution >= 0.6 is 0 Å². The van der Waals surface area contributed by atoms with Gasteiger partial charge in [0.05, 0.1) is 5.69 Å². The molecule has 2 N–H and O–H groups in total. The SMILES string of the molecule is Cc1ccc(C)c(COc2ccc(F)cc2N)c1. The third-order valence-electron chi connectivity index (χ3n) is 2.86. The van der Waals surface area contributed by atoms with Crippen molar-refractivity contribution in [3.05, 3.63) is 58.9 Å². The fourth-order valence-electron chi connectivity index (χ4n) is 1.76. The molecule has 2 nitrogen and oxygen atoms in total. The van der Waals surface area contributed by atoms with Gasteiger partial charge in [0.2, 0.25) is 0 Å². The molecule has 0 unspecified atom stereocenters. The molecule has 0 fully saturated rings. The maximum atomic E-state index is 12.9. The highest BCUT2D eigenvalue weighted by Crippen LogP contribution is 2.23. The summed E-state index contributed by atoms with van der Waals surface area (Å²) in [6.45, 7) is 4.50. The van der Waals surface area contributed by atoms with Gasteiger partial charge in [-0.15, -0.1) is 0 Å². The topological polar surface area (TPSA) is 35.2 Å². The summed E-state index contributed by atoms with van der Waals surface area (Å²) in [6, 6.07) is 10.4. The van der Waals surface area contributed by atoms with Crippen LogP contribution in [0.1, 0.15) is 16.7 Å². The number of nitrogen functional groups attached to an aromatic ring is 1. The zero-order valence-corrected chi connectivity index (χ0v) is 10.5. The number of aryl methyl sites for hydroxylation is 2. The van der Waals surface area contributed by atoms with Crippen molar-refractivity contribution in [2.24, 2.45) is 0 Å². The Hall–Kier alpha value is -2.03. The quantitative estimate of drug-likeness (QED) is 0.838. The van der Waals surface area contributed by atoms with Crippen LogP contribution in [0.2, 0.25) is 0 Å². The van der Waals surface area contributed by atoms with E-state index in [0.717, 1.165) is 5.56 Å². The molecule has 0 heterocycles. The zero-order valence-electron chi connectivity index (χ0n) is 10.5. The Labute approximate surface area is 106 Å². The summed E-state index contributed by atoms with van der Waals surface area (Å²) < 4.78 is 18.5. The summed E-state index contributed by atoms with van der Waals surface area (Å²) in [7, 11) is 0. The highest BCUT2D eigenvalue weighted by atomic mass is 19.1. The van der Waals surface area contributed by atoms with E-state index in [0.29, 0.717) is 18.0 Å². The van der Waals surface area contributed by atoms with E-state index < -0.39 is 0 Å². The lowest BCUT2D eigenvalue weighted by molar-refractivity contribution is 0.306. The van der Waals surface area contributed by atoms with Gasteiger partial charge in [-0.3, -0.25) is 0 Å². The molecule has 0 bridgehead atoms. The number of ether oxygens (including phenoxy) is 1. The van der Waals surface area contributed by atoms with E-state index >= 15 is 0 Å². The van der Waals surface area contributed by atoms with Gasteiger partial charge in [0, 0.05) is 6.07 Å². The average molecular weight is 245 g/mol. The highest BCUT2D eigenvalue weighted by molar-refractivity contribution is 5.52. The Morgan fingerprint density at radius 2 is 1.89 bits per heavy atom. The normalized spacial score (nSPS) is 10.4. The lowest BCUT2D eigenvalue weighted by atomic mass is 10.1. The first-order valence-electron chi connectivity index (χ1n) is 5.80. The smallest absolute Gasteiger partial charge is 0.142 e. The number of rotatable bonds is 3. The molecule has 3 heteroatoms. The Morgan fingerprint density at radius 1 is 1.11 bits per heavy atom. The Kier molecular flexibility index (Phi) is 3.51. The van der Waals surface area contributed by atoms with E-state index in [2.05, 4.69) is 18.2 Å². The zero-order chi connectivity index (χ0) is 13.1. The van der Waals surface area contributed by atoms with Gasteiger partial charge in [-0.2, -0.15) is 0 Å². The van der Waals surface area contributed by atoms with E-state index in [1.165, 1.54) is 23.3 Å². The Balaban J connectivity index is 2.13. The van der Waals surface area contributed by atoms with E-state index in [4.69, 9.17) is 10.5 Å². The molecule has 0 radical (unpaired) electrons. The molecule has 0 aliphatic rings. The maximum absolute atomic E-state index is 12.9. The van der Waals surface area contributed by atoms with Crippen molar-refractivity contribution in [2.75, 3.05) is 5.73 Å². The maximum Gasteiger partial charge on any atom is 0.142 e. The molecular formula is C15H16FNO. The second-order valence-corrected chi connectivity index (χ2v) is 4.40. The third kappa shape index (κ3) is 2.80. The minimum Gasteiger partial charge on any atom is -0.487 e. The molecule has 18 heavy (non-hydrogen) atoms. The van der Waals surface area contributed by atoms with Crippen molar-refractivity contribution < 1.29 is 9.13 Å². The predicted octanol–water partition coefficient (Wildman–Crippen LogP) is 3.60. The average Bonchev–Trinajstić information content (AvgIpc) is 2.32. The summed E-state index contributed by atoms with van der Waals surface area (Å²) in [6.07, 6.45) is 0.